The molecule has 0 aliphatic carbocycles. The second-order valence-corrected chi connectivity index (χ2v) is 6.83. The lowest BCUT2D eigenvalue weighted by Gasteiger charge is -2.17. The topological polar surface area (TPSA) is 113 Å². The van der Waals surface area contributed by atoms with Gasteiger partial charge in [-0.2, -0.15) is 0 Å². The summed E-state index contributed by atoms with van der Waals surface area (Å²) in [5, 5.41) is 4.81. The fraction of sp³-hybridized carbons (Fsp3) is 0.150. The Morgan fingerprint density at radius 1 is 0.857 bits per heavy atom. The molecule has 2 aliphatic heterocycles. The Bertz CT molecular complexity index is 1100. The summed E-state index contributed by atoms with van der Waals surface area (Å²) in [4.78, 5) is 61.9. The number of imide groups is 2. The third-order valence-electron chi connectivity index (χ3n) is 4.69. The Labute approximate surface area is 159 Å². The van der Waals surface area contributed by atoms with Crippen LogP contribution in [0.1, 0.15) is 65.6 Å². The van der Waals surface area contributed by atoms with E-state index in [-0.39, 0.29) is 39.8 Å². The van der Waals surface area contributed by atoms with E-state index in [1.54, 1.807) is 13.8 Å². The van der Waals surface area contributed by atoms with Crippen molar-refractivity contribution in [1.29, 1.82) is 0 Å². The Morgan fingerprint density at radius 2 is 1.50 bits per heavy atom. The van der Waals surface area contributed by atoms with E-state index in [4.69, 9.17) is 0 Å². The van der Waals surface area contributed by atoms with E-state index in [0.717, 1.165) is 4.90 Å². The lowest BCUT2D eigenvalue weighted by atomic mass is 10.0. The van der Waals surface area contributed by atoms with Gasteiger partial charge in [0.25, 0.3) is 29.5 Å². The summed E-state index contributed by atoms with van der Waals surface area (Å²) in [7, 11) is 0. The molecule has 8 nitrogen and oxygen atoms in total. The van der Waals surface area contributed by atoms with Gasteiger partial charge in [0.05, 0.1) is 22.3 Å². The maximum atomic E-state index is 12.6. The summed E-state index contributed by atoms with van der Waals surface area (Å²) in [5.41, 5.74) is 1.42. The minimum atomic E-state index is -0.522. The molecule has 2 aliphatic rings. The third-order valence-corrected chi connectivity index (χ3v) is 4.69. The van der Waals surface area contributed by atoms with Gasteiger partial charge >= 0.3 is 0 Å². The molecule has 0 fully saturated rings. The van der Waals surface area contributed by atoms with Gasteiger partial charge in [-0.3, -0.25) is 34.2 Å². The van der Waals surface area contributed by atoms with Gasteiger partial charge in [0, 0.05) is 17.3 Å². The van der Waals surface area contributed by atoms with Crippen LogP contribution in [0.2, 0.25) is 0 Å². The summed E-state index contributed by atoms with van der Waals surface area (Å²) in [6, 6.07) is 8.40. The van der Waals surface area contributed by atoms with Crippen molar-refractivity contribution < 1.29 is 24.0 Å². The molecule has 0 radical (unpaired) electrons. The number of anilines is 1. The maximum Gasteiger partial charge on any atom is 0.261 e. The maximum absolute atomic E-state index is 12.6. The van der Waals surface area contributed by atoms with Gasteiger partial charge < -0.3 is 5.32 Å². The number of amides is 5. The van der Waals surface area contributed by atoms with Crippen LogP contribution >= 0.6 is 0 Å². The van der Waals surface area contributed by atoms with E-state index < -0.39 is 23.6 Å². The minimum absolute atomic E-state index is 0.185. The molecule has 140 valence electrons. The summed E-state index contributed by atoms with van der Waals surface area (Å²) >= 11 is 0. The van der Waals surface area contributed by atoms with Gasteiger partial charge in [0.15, 0.2) is 0 Å². The van der Waals surface area contributed by atoms with E-state index in [1.165, 1.54) is 36.4 Å². The molecular weight excluding hydrogens is 362 g/mol. The van der Waals surface area contributed by atoms with Crippen LogP contribution in [-0.4, -0.2) is 40.5 Å². The average Bonchev–Trinajstić information content (AvgIpc) is 3.08. The number of carbonyl (C=O) groups is 5. The second kappa shape index (κ2) is 6.12. The molecule has 2 aromatic carbocycles. The van der Waals surface area contributed by atoms with Crippen molar-refractivity contribution in [3.8, 4) is 0 Å². The van der Waals surface area contributed by atoms with Crippen LogP contribution in [0.15, 0.2) is 36.4 Å². The van der Waals surface area contributed by atoms with Gasteiger partial charge in [0.2, 0.25) is 0 Å². The van der Waals surface area contributed by atoms with Crippen molar-refractivity contribution >= 4 is 35.2 Å². The highest BCUT2D eigenvalue weighted by Crippen LogP contribution is 2.26. The molecule has 0 saturated carbocycles. The first kappa shape index (κ1) is 17.6. The SMILES string of the molecule is CC(C)N1C(=O)c2ccc(C(=O)Nc3ccc4c(c3)C(=O)NC4=O)cc2C1=O. The lowest BCUT2D eigenvalue weighted by molar-refractivity contribution is 0.0608. The molecule has 28 heavy (non-hydrogen) atoms. The molecular formula is C20H15N3O5. The Kier molecular flexibility index (Phi) is 3.85. The lowest BCUT2D eigenvalue weighted by Crippen LogP contribution is -2.35. The molecule has 0 saturated heterocycles. The molecule has 2 N–H and O–H groups in total. The Hall–Kier alpha value is -3.81. The largest absolute Gasteiger partial charge is 0.322 e. The molecule has 5 amide bonds. The predicted octanol–water partition coefficient (Wildman–Crippen LogP) is 1.83. The van der Waals surface area contributed by atoms with Crippen molar-refractivity contribution in [1.82, 2.24) is 10.2 Å². The Morgan fingerprint density at radius 3 is 2.21 bits per heavy atom. The van der Waals surface area contributed by atoms with E-state index >= 15 is 0 Å². The van der Waals surface area contributed by atoms with Gasteiger partial charge in [-0.25, -0.2) is 0 Å². The van der Waals surface area contributed by atoms with Crippen molar-refractivity contribution in [3.63, 3.8) is 0 Å². The molecule has 2 heterocycles. The van der Waals surface area contributed by atoms with Gasteiger partial charge in [-0.1, -0.05) is 0 Å². The minimum Gasteiger partial charge on any atom is -0.322 e. The monoisotopic (exact) mass is 377 g/mol. The van der Waals surface area contributed by atoms with Crippen LogP contribution in [-0.2, 0) is 0 Å². The fourth-order valence-corrected chi connectivity index (χ4v) is 3.32. The van der Waals surface area contributed by atoms with E-state index in [9.17, 15) is 24.0 Å². The van der Waals surface area contributed by atoms with Crippen LogP contribution in [0.25, 0.3) is 0 Å². The zero-order chi connectivity index (χ0) is 20.2. The average molecular weight is 377 g/mol. The number of benzene rings is 2. The summed E-state index contributed by atoms with van der Waals surface area (Å²) in [5.74, 6) is -2.31. The van der Waals surface area contributed by atoms with E-state index in [1.807, 2.05) is 0 Å². The van der Waals surface area contributed by atoms with Crippen molar-refractivity contribution in [2.75, 3.05) is 5.32 Å². The van der Waals surface area contributed by atoms with E-state index in [0.29, 0.717) is 5.69 Å². The van der Waals surface area contributed by atoms with Crippen molar-refractivity contribution in [3.05, 3.63) is 64.2 Å². The first-order valence-electron chi connectivity index (χ1n) is 8.61. The van der Waals surface area contributed by atoms with Crippen LogP contribution < -0.4 is 10.6 Å². The summed E-state index contributed by atoms with van der Waals surface area (Å²) in [6.45, 7) is 3.48. The molecule has 0 aromatic heterocycles. The molecule has 4 rings (SSSR count). The highest BCUT2D eigenvalue weighted by molar-refractivity contribution is 6.23. The zero-order valence-electron chi connectivity index (χ0n) is 15.0. The molecule has 0 bridgehead atoms. The predicted molar refractivity (Wildman–Crippen MR) is 98.3 cm³/mol. The number of hydrogen-bond acceptors (Lipinski definition) is 5. The molecule has 8 heteroatoms. The Balaban J connectivity index is 1.61. The van der Waals surface area contributed by atoms with E-state index in [2.05, 4.69) is 10.6 Å². The van der Waals surface area contributed by atoms with Crippen LogP contribution in [0.4, 0.5) is 5.69 Å². The standard InChI is InChI=1S/C20H15N3O5/c1-9(2)23-19(27)13-5-3-10(7-15(13)20(23)28)16(24)21-11-4-6-12-14(8-11)18(26)22-17(12)25/h3-9H,1-2H3,(H,21,24)(H,22,25,26). The number of nitrogens with zero attached hydrogens (tertiary/aromatic N) is 1. The van der Waals surface area contributed by atoms with Crippen molar-refractivity contribution in [2.24, 2.45) is 0 Å². The highest BCUT2D eigenvalue weighted by Gasteiger charge is 2.37. The quantitative estimate of drug-likeness (QED) is 0.793. The van der Waals surface area contributed by atoms with Crippen LogP contribution in [0.5, 0.6) is 0 Å². The van der Waals surface area contributed by atoms with Crippen LogP contribution in [0, 0.1) is 0 Å². The number of nitrogens with one attached hydrogen (secondary N) is 2. The number of carbonyl (C=O) groups excluding carboxylic acids is 5. The molecule has 0 unspecified atom stereocenters. The third kappa shape index (κ3) is 2.58. The van der Waals surface area contributed by atoms with Gasteiger partial charge in [0.1, 0.15) is 0 Å². The summed E-state index contributed by atoms with van der Waals surface area (Å²) < 4.78 is 0. The normalized spacial score (nSPS) is 15.0. The first-order chi connectivity index (χ1) is 13.3. The molecule has 0 spiro atoms. The smallest absolute Gasteiger partial charge is 0.261 e. The number of rotatable bonds is 3. The summed E-state index contributed by atoms with van der Waals surface area (Å²) in [6.07, 6.45) is 0. The number of fused-ring (bicyclic) bond motifs is 2. The zero-order valence-corrected chi connectivity index (χ0v) is 15.0. The number of hydrogen-bond donors (Lipinski definition) is 2. The highest BCUT2D eigenvalue weighted by atomic mass is 16.2. The van der Waals surface area contributed by atoms with Crippen LogP contribution in [0.3, 0.4) is 0 Å². The van der Waals surface area contributed by atoms with Gasteiger partial charge in [-0.15, -0.1) is 0 Å². The van der Waals surface area contributed by atoms with Crippen molar-refractivity contribution in [2.45, 2.75) is 19.9 Å². The second-order valence-electron chi connectivity index (χ2n) is 6.83. The fourth-order valence-electron chi connectivity index (χ4n) is 3.32. The van der Waals surface area contributed by atoms with Gasteiger partial charge in [-0.05, 0) is 50.2 Å². The first-order valence-corrected chi connectivity index (χ1v) is 8.61. The molecule has 2 aromatic rings. The molecule has 0 atom stereocenters.